The van der Waals surface area contributed by atoms with Crippen molar-refractivity contribution in [1.29, 1.82) is 0 Å². The van der Waals surface area contributed by atoms with Crippen LogP contribution in [0.5, 0.6) is 11.5 Å². The third-order valence-electron chi connectivity index (χ3n) is 4.67. The lowest BCUT2D eigenvalue weighted by molar-refractivity contribution is 0.0521. The fourth-order valence-electron chi connectivity index (χ4n) is 3.16. The van der Waals surface area contributed by atoms with Gasteiger partial charge in [0, 0.05) is 0 Å². The molecule has 0 aromatic heterocycles. The second-order valence-corrected chi connectivity index (χ2v) is 6.63. The van der Waals surface area contributed by atoms with E-state index in [-0.39, 0.29) is 5.97 Å². The molecule has 0 spiro atoms. The van der Waals surface area contributed by atoms with Gasteiger partial charge in [0.2, 0.25) is 0 Å². The maximum absolute atomic E-state index is 12.4. The van der Waals surface area contributed by atoms with Crippen molar-refractivity contribution < 1.29 is 19.0 Å². The van der Waals surface area contributed by atoms with Crippen molar-refractivity contribution in [3.05, 3.63) is 95.1 Å². The Hall–Kier alpha value is -3.27. The van der Waals surface area contributed by atoms with Crippen molar-refractivity contribution in [2.24, 2.45) is 0 Å². The first-order valence-corrected chi connectivity index (χ1v) is 9.80. The Balaban J connectivity index is 1.63. The molecule has 0 N–H and O–H groups in total. The second-order valence-electron chi connectivity index (χ2n) is 6.63. The Kier molecular flexibility index (Phi) is 7.28. The van der Waals surface area contributed by atoms with Crippen molar-refractivity contribution in [3.8, 4) is 11.5 Å². The molecule has 0 saturated carbocycles. The largest absolute Gasteiger partial charge is 0.496 e. The lowest BCUT2D eigenvalue weighted by Gasteiger charge is -2.13. The molecule has 0 aliphatic carbocycles. The van der Waals surface area contributed by atoms with Crippen molar-refractivity contribution in [1.82, 2.24) is 0 Å². The molecule has 0 unspecified atom stereocenters. The van der Waals surface area contributed by atoms with E-state index < -0.39 is 0 Å². The molecule has 3 rings (SSSR count). The Bertz CT molecular complexity index is 917. The third-order valence-corrected chi connectivity index (χ3v) is 4.67. The molecule has 29 heavy (non-hydrogen) atoms. The van der Waals surface area contributed by atoms with Crippen molar-refractivity contribution in [2.45, 2.75) is 26.4 Å². The van der Waals surface area contributed by atoms with E-state index in [0.717, 1.165) is 29.7 Å². The topological polar surface area (TPSA) is 44.8 Å². The van der Waals surface area contributed by atoms with E-state index in [2.05, 4.69) is 12.1 Å². The first-order valence-electron chi connectivity index (χ1n) is 9.80. The van der Waals surface area contributed by atoms with Crippen LogP contribution in [0.3, 0.4) is 0 Å². The highest BCUT2D eigenvalue weighted by Gasteiger charge is 2.18. The number of hydrogen-bond acceptors (Lipinski definition) is 4. The van der Waals surface area contributed by atoms with Crippen LogP contribution in [0.25, 0.3) is 0 Å². The summed E-state index contributed by atoms with van der Waals surface area (Å²) in [5.74, 6) is 1.04. The highest BCUT2D eigenvalue weighted by Crippen LogP contribution is 2.25. The maximum Gasteiger partial charge on any atom is 0.342 e. The number of carbonyl (C=O) groups excluding carboxylic acids is 1. The minimum Gasteiger partial charge on any atom is -0.496 e. The summed E-state index contributed by atoms with van der Waals surface area (Å²) in [7, 11) is 1.57. The van der Waals surface area contributed by atoms with E-state index in [0.29, 0.717) is 24.5 Å². The van der Waals surface area contributed by atoms with Crippen molar-refractivity contribution >= 4 is 5.97 Å². The fourth-order valence-corrected chi connectivity index (χ4v) is 3.16. The Labute approximate surface area is 172 Å². The summed E-state index contributed by atoms with van der Waals surface area (Å²) in [5.41, 5.74) is 3.75. The minimum absolute atomic E-state index is 0.334. The van der Waals surface area contributed by atoms with E-state index >= 15 is 0 Å². The average Bonchev–Trinajstić information content (AvgIpc) is 2.77. The molecule has 0 radical (unpaired) electrons. The molecule has 0 amide bonds. The Morgan fingerprint density at radius 3 is 2.28 bits per heavy atom. The molecule has 0 heterocycles. The molecular formula is C25H26O4. The number of hydrogen-bond donors (Lipinski definition) is 0. The summed E-state index contributed by atoms with van der Waals surface area (Å²) < 4.78 is 16.4. The standard InChI is InChI=1S/C25H26O4/c1-3-28-25(26)24-21(10-7-11-23(24)27-2)15-12-19-13-16-22(17-14-19)29-18-20-8-5-4-6-9-20/h4-11,13-14,16-17H,3,12,15,18H2,1-2H3. The highest BCUT2D eigenvalue weighted by molar-refractivity contribution is 5.94. The molecule has 0 bridgehead atoms. The number of rotatable bonds is 9. The summed E-state index contributed by atoms with van der Waals surface area (Å²) in [4.78, 5) is 12.4. The van der Waals surface area contributed by atoms with E-state index in [4.69, 9.17) is 14.2 Å². The normalized spacial score (nSPS) is 10.4. The van der Waals surface area contributed by atoms with E-state index in [1.54, 1.807) is 20.1 Å². The first-order chi connectivity index (χ1) is 14.2. The van der Waals surface area contributed by atoms with Crippen LogP contribution in [0.15, 0.2) is 72.8 Å². The minimum atomic E-state index is -0.343. The maximum atomic E-state index is 12.4. The zero-order valence-electron chi connectivity index (χ0n) is 16.9. The molecule has 0 aliphatic heterocycles. The Morgan fingerprint density at radius 1 is 0.828 bits per heavy atom. The van der Waals surface area contributed by atoms with Crippen molar-refractivity contribution in [3.63, 3.8) is 0 Å². The van der Waals surface area contributed by atoms with Crippen LogP contribution in [0.4, 0.5) is 0 Å². The number of carbonyl (C=O) groups is 1. The number of benzene rings is 3. The summed E-state index contributed by atoms with van der Waals surface area (Å²) in [6, 6.07) is 23.8. The molecule has 4 nitrogen and oxygen atoms in total. The zero-order valence-corrected chi connectivity index (χ0v) is 16.9. The van der Waals surface area contributed by atoms with Gasteiger partial charge in [0.25, 0.3) is 0 Å². The average molecular weight is 390 g/mol. The molecule has 4 heteroatoms. The smallest absolute Gasteiger partial charge is 0.342 e. The van der Waals surface area contributed by atoms with Crippen LogP contribution >= 0.6 is 0 Å². The molecule has 150 valence electrons. The summed E-state index contributed by atoms with van der Waals surface area (Å²) in [6.07, 6.45) is 1.52. The summed E-state index contributed by atoms with van der Waals surface area (Å²) in [6.45, 7) is 2.68. The molecule has 0 saturated heterocycles. The number of aryl methyl sites for hydroxylation is 2. The second kappa shape index (κ2) is 10.3. The van der Waals surface area contributed by atoms with Crippen LogP contribution in [0, 0.1) is 0 Å². The van der Waals surface area contributed by atoms with Crippen LogP contribution < -0.4 is 9.47 Å². The van der Waals surface area contributed by atoms with Gasteiger partial charge in [0.15, 0.2) is 0 Å². The molecule has 0 fully saturated rings. The van der Waals surface area contributed by atoms with Gasteiger partial charge in [-0.15, -0.1) is 0 Å². The molecular weight excluding hydrogens is 364 g/mol. The van der Waals surface area contributed by atoms with Gasteiger partial charge in [-0.3, -0.25) is 0 Å². The fraction of sp³-hybridized carbons (Fsp3) is 0.240. The van der Waals surface area contributed by atoms with Gasteiger partial charge in [-0.2, -0.15) is 0 Å². The quantitative estimate of drug-likeness (QED) is 0.469. The predicted molar refractivity (Wildman–Crippen MR) is 114 cm³/mol. The third kappa shape index (κ3) is 5.61. The van der Waals surface area contributed by atoms with Crippen LogP contribution in [-0.2, 0) is 24.2 Å². The predicted octanol–water partition coefficient (Wildman–Crippen LogP) is 5.24. The van der Waals surface area contributed by atoms with Gasteiger partial charge < -0.3 is 14.2 Å². The van der Waals surface area contributed by atoms with Gasteiger partial charge in [0.1, 0.15) is 23.7 Å². The van der Waals surface area contributed by atoms with Gasteiger partial charge in [-0.1, -0.05) is 54.6 Å². The molecule has 3 aromatic carbocycles. The SMILES string of the molecule is CCOC(=O)c1c(CCc2ccc(OCc3ccccc3)cc2)cccc1OC. The summed E-state index contributed by atoms with van der Waals surface area (Å²) in [5, 5.41) is 0. The first kappa shape index (κ1) is 20.5. The van der Waals surface area contributed by atoms with Gasteiger partial charge >= 0.3 is 5.97 Å². The molecule has 3 aromatic rings. The monoisotopic (exact) mass is 390 g/mol. The van der Waals surface area contributed by atoms with Gasteiger partial charge in [0.05, 0.1) is 13.7 Å². The van der Waals surface area contributed by atoms with Gasteiger partial charge in [-0.05, 0) is 54.7 Å². The van der Waals surface area contributed by atoms with E-state index in [1.165, 1.54) is 5.56 Å². The van der Waals surface area contributed by atoms with Crippen LogP contribution in [-0.4, -0.2) is 19.7 Å². The summed E-state index contributed by atoms with van der Waals surface area (Å²) >= 11 is 0. The molecule has 0 atom stereocenters. The lowest BCUT2D eigenvalue weighted by Crippen LogP contribution is -2.11. The number of esters is 1. The van der Waals surface area contributed by atoms with E-state index in [1.807, 2.05) is 54.6 Å². The van der Waals surface area contributed by atoms with Gasteiger partial charge in [-0.25, -0.2) is 4.79 Å². The van der Waals surface area contributed by atoms with Crippen LogP contribution in [0.2, 0.25) is 0 Å². The lowest BCUT2D eigenvalue weighted by atomic mass is 9.99. The van der Waals surface area contributed by atoms with Crippen molar-refractivity contribution in [2.75, 3.05) is 13.7 Å². The number of ether oxygens (including phenoxy) is 3. The zero-order chi connectivity index (χ0) is 20.5. The van der Waals surface area contributed by atoms with Crippen LogP contribution in [0.1, 0.15) is 34.0 Å². The van der Waals surface area contributed by atoms with E-state index in [9.17, 15) is 4.79 Å². The molecule has 0 aliphatic rings. The number of methoxy groups -OCH3 is 1. The highest BCUT2D eigenvalue weighted by atomic mass is 16.5. The Morgan fingerprint density at radius 2 is 1.59 bits per heavy atom.